The number of β-amino-alcohol motifs (C(OH)–C–C–N with tert-alkyl or cyclic N) is 1. The molecule has 1 aliphatic rings. The fourth-order valence-electron chi connectivity index (χ4n) is 2.81. The molecule has 1 saturated heterocycles. The van der Waals surface area contributed by atoms with Crippen LogP contribution < -0.4 is 0 Å². The van der Waals surface area contributed by atoms with Gasteiger partial charge in [-0.25, -0.2) is 0 Å². The first-order valence-corrected chi connectivity index (χ1v) is 6.70. The van der Waals surface area contributed by atoms with Crippen LogP contribution in [0.25, 0.3) is 0 Å². The number of aliphatic hydroxyl groups is 2. The van der Waals surface area contributed by atoms with E-state index in [-0.39, 0.29) is 19.1 Å². The molecule has 6 heteroatoms. The molecule has 6 nitrogen and oxygen atoms in total. The predicted molar refractivity (Wildman–Crippen MR) is 69.5 cm³/mol. The van der Waals surface area contributed by atoms with Crippen molar-refractivity contribution in [3.05, 3.63) is 18.0 Å². The third kappa shape index (κ3) is 2.64. The average Bonchev–Trinajstić information content (AvgIpc) is 2.94. The van der Waals surface area contributed by atoms with Crippen molar-refractivity contribution in [1.82, 2.24) is 15.1 Å². The second-order valence-electron chi connectivity index (χ2n) is 5.27. The molecular formula is C13H21N3O3. The van der Waals surface area contributed by atoms with Crippen molar-refractivity contribution < 1.29 is 15.0 Å². The van der Waals surface area contributed by atoms with Gasteiger partial charge in [-0.3, -0.25) is 9.89 Å². The first-order valence-electron chi connectivity index (χ1n) is 6.70. The van der Waals surface area contributed by atoms with Crippen molar-refractivity contribution in [3.8, 4) is 0 Å². The SMILES string of the molecule is CCC[C@]1(CO)CCN(C(=O)c2cn[nH]c2)C[C@H]1O. The fourth-order valence-corrected chi connectivity index (χ4v) is 2.81. The Kier molecular flexibility index (Phi) is 4.21. The number of amides is 1. The number of aliphatic hydroxyl groups excluding tert-OH is 2. The summed E-state index contributed by atoms with van der Waals surface area (Å²) < 4.78 is 0. The third-order valence-electron chi connectivity index (χ3n) is 4.07. The van der Waals surface area contributed by atoms with E-state index in [0.29, 0.717) is 18.5 Å². The zero-order valence-electron chi connectivity index (χ0n) is 11.2. The minimum Gasteiger partial charge on any atom is -0.396 e. The van der Waals surface area contributed by atoms with Crippen LogP contribution in [0.15, 0.2) is 12.4 Å². The number of carbonyl (C=O) groups is 1. The van der Waals surface area contributed by atoms with Crippen molar-refractivity contribution in [2.45, 2.75) is 32.3 Å². The van der Waals surface area contributed by atoms with Gasteiger partial charge in [0, 0.05) is 24.7 Å². The minimum atomic E-state index is -0.679. The summed E-state index contributed by atoms with van der Waals surface area (Å²) >= 11 is 0. The van der Waals surface area contributed by atoms with Gasteiger partial charge in [0.15, 0.2) is 0 Å². The minimum absolute atomic E-state index is 0.0320. The summed E-state index contributed by atoms with van der Waals surface area (Å²) in [6.07, 6.45) is 4.67. The lowest BCUT2D eigenvalue weighted by Gasteiger charge is -2.44. The number of hydrogen-bond acceptors (Lipinski definition) is 4. The van der Waals surface area contributed by atoms with E-state index in [1.807, 2.05) is 6.92 Å². The van der Waals surface area contributed by atoms with E-state index in [9.17, 15) is 15.0 Å². The Morgan fingerprint density at radius 3 is 3.00 bits per heavy atom. The number of aromatic nitrogens is 2. The molecular weight excluding hydrogens is 246 g/mol. The van der Waals surface area contributed by atoms with Crippen LogP contribution in [0.5, 0.6) is 0 Å². The van der Waals surface area contributed by atoms with Gasteiger partial charge < -0.3 is 15.1 Å². The van der Waals surface area contributed by atoms with Crippen molar-refractivity contribution in [1.29, 1.82) is 0 Å². The zero-order valence-corrected chi connectivity index (χ0v) is 11.2. The standard InChI is InChI=1S/C13H21N3O3/c1-2-3-13(9-17)4-5-16(8-11(13)18)12(19)10-6-14-15-7-10/h6-7,11,17-18H,2-5,8-9H2,1H3,(H,14,15)/t11-,13-/m1/s1. The Morgan fingerprint density at radius 2 is 2.47 bits per heavy atom. The smallest absolute Gasteiger partial charge is 0.257 e. The number of nitrogens with one attached hydrogen (secondary N) is 1. The maximum absolute atomic E-state index is 12.2. The number of aromatic amines is 1. The van der Waals surface area contributed by atoms with Crippen LogP contribution in [-0.4, -0.2) is 57.0 Å². The highest BCUT2D eigenvalue weighted by Crippen LogP contribution is 2.36. The predicted octanol–water partition coefficient (Wildman–Crippen LogP) is 0.395. The Hall–Kier alpha value is -1.40. The monoisotopic (exact) mass is 267 g/mol. The zero-order chi connectivity index (χ0) is 13.9. The fraction of sp³-hybridized carbons (Fsp3) is 0.692. The quantitative estimate of drug-likeness (QED) is 0.736. The molecule has 1 amide bonds. The second kappa shape index (κ2) is 5.71. The van der Waals surface area contributed by atoms with Gasteiger partial charge in [-0.05, 0) is 12.8 Å². The summed E-state index contributed by atoms with van der Waals surface area (Å²) in [4.78, 5) is 13.8. The molecule has 2 rings (SSSR count). The van der Waals surface area contributed by atoms with Crippen LogP contribution in [0.4, 0.5) is 0 Å². The lowest BCUT2D eigenvalue weighted by molar-refractivity contribution is -0.0713. The number of piperidine rings is 1. The molecule has 2 atom stereocenters. The van der Waals surface area contributed by atoms with E-state index in [1.165, 1.54) is 6.20 Å². The first-order chi connectivity index (χ1) is 9.13. The molecule has 1 aromatic rings. The van der Waals surface area contributed by atoms with Crippen molar-refractivity contribution in [2.24, 2.45) is 5.41 Å². The van der Waals surface area contributed by atoms with Gasteiger partial charge in [0.25, 0.3) is 5.91 Å². The number of rotatable bonds is 4. The van der Waals surface area contributed by atoms with Gasteiger partial charge in [0.05, 0.1) is 24.5 Å². The molecule has 0 unspecified atom stereocenters. The number of carbonyl (C=O) groups excluding carboxylic acids is 1. The van der Waals surface area contributed by atoms with E-state index in [4.69, 9.17) is 0 Å². The van der Waals surface area contributed by atoms with Crippen LogP contribution in [0.1, 0.15) is 36.5 Å². The van der Waals surface area contributed by atoms with Gasteiger partial charge in [0.1, 0.15) is 0 Å². The molecule has 19 heavy (non-hydrogen) atoms. The molecule has 2 heterocycles. The molecule has 0 aliphatic carbocycles. The summed E-state index contributed by atoms with van der Waals surface area (Å²) in [7, 11) is 0. The lowest BCUT2D eigenvalue weighted by atomic mass is 9.73. The second-order valence-corrected chi connectivity index (χ2v) is 5.27. The molecule has 1 aliphatic heterocycles. The highest BCUT2D eigenvalue weighted by atomic mass is 16.3. The number of H-pyrrole nitrogens is 1. The van der Waals surface area contributed by atoms with Crippen LogP contribution >= 0.6 is 0 Å². The summed E-state index contributed by atoms with van der Waals surface area (Å²) in [5.74, 6) is -0.129. The van der Waals surface area contributed by atoms with E-state index < -0.39 is 11.5 Å². The third-order valence-corrected chi connectivity index (χ3v) is 4.07. The highest BCUT2D eigenvalue weighted by Gasteiger charge is 2.42. The molecule has 3 N–H and O–H groups in total. The Balaban J connectivity index is 2.05. The number of hydrogen-bond donors (Lipinski definition) is 3. The van der Waals surface area contributed by atoms with Crippen molar-refractivity contribution in [3.63, 3.8) is 0 Å². The van der Waals surface area contributed by atoms with Crippen LogP contribution in [0, 0.1) is 5.41 Å². The summed E-state index contributed by atoms with van der Waals surface area (Å²) in [5.41, 5.74) is 0.0428. The molecule has 0 saturated carbocycles. The van der Waals surface area contributed by atoms with Crippen LogP contribution in [0.3, 0.4) is 0 Å². The number of likely N-dealkylation sites (tertiary alicyclic amines) is 1. The molecule has 0 radical (unpaired) electrons. The average molecular weight is 267 g/mol. The molecule has 1 fully saturated rings. The first kappa shape index (κ1) is 14.0. The number of nitrogens with zero attached hydrogens (tertiary/aromatic N) is 2. The molecule has 106 valence electrons. The molecule has 0 aromatic carbocycles. The largest absolute Gasteiger partial charge is 0.396 e. The molecule has 0 bridgehead atoms. The van der Waals surface area contributed by atoms with Gasteiger partial charge in [-0.1, -0.05) is 13.3 Å². The Labute approximate surface area is 112 Å². The van der Waals surface area contributed by atoms with Crippen molar-refractivity contribution in [2.75, 3.05) is 19.7 Å². The van der Waals surface area contributed by atoms with Crippen molar-refractivity contribution >= 4 is 5.91 Å². The van der Waals surface area contributed by atoms with Crippen LogP contribution in [-0.2, 0) is 0 Å². The maximum Gasteiger partial charge on any atom is 0.257 e. The van der Waals surface area contributed by atoms with E-state index in [1.54, 1.807) is 11.1 Å². The maximum atomic E-state index is 12.2. The summed E-state index contributed by atoms with van der Waals surface area (Å²) in [6.45, 7) is 2.83. The Bertz CT molecular complexity index is 421. The lowest BCUT2D eigenvalue weighted by Crippen LogP contribution is -2.54. The van der Waals surface area contributed by atoms with Gasteiger partial charge in [-0.15, -0.1) is 0 Å². The van der Waals surface area contributed by atoms with Gasteiger partial charge >= 0.3 is 0 Å². The normalized spacial score (nSPS) is 27.5. The molecule has 0 spiro atoms. The van der Waals surface area contributed by atoms with Gasteiger partial charge in [0.2, 0.25) is 0 Å². The molecule has 1 aromatic heterocycles. The Morgan fingerprint density at radius 1 is 1.68 bits per heavy atom. The van der Waals surface area contributed by atoms with E-state index in [2.05, 4.69) is 10.2 Å². The summed E-state index contributed by atoms with van der Waals surface area (Å²) in [5, 5.41) is 26.2. The van der Waals surface area contributed by atoms with Gasteiger partial charge in [-0.2, -0.15) is 5.10 Å². The van der Waals surface area contributed by atoms with E-state index >= 15 is 0 Å². The van der Waals surface area contributed by atoms with E-state index in [0.717, 1.165) is 12.8 Å². The van der Waals surface area contributed by atoms with Crippen LogP contribution in [0.2, 0.25) is 0 Å². The highest BCUT2D eigenvalue weighted by molar-refractivity contribution is 5.93. The summed E-state index contributed by atoms with van der Waals surface area (Å²) in [6, 6.07) is 0. The topological polar surface area (TPSA) is 89.5 Å².